The van der Waals surface area contributed by atoms with Gasteiger partial charge < -0.3 is 39.4 Å². The van der Waals surface area contributed by atoms with Crippen molar-refractivity contribution in [1.29, 1.82) is 0 Å². The van der Waals surface area contributed by atoms with E-state index in [0.717, 1.165) is 0 Å². The van der Waals surface area contributed by atoms with Gasteiger partial charge in [-0.2, -0.15) is 0 Å². The summed E-state index contributed by atoms with van der Waals surface area (Å²) >= 11 is 0. The number of phenolic OH excluding ortho intramolecular Hbond substituents is 4. The predicted octanol–water partition coefficient (Wildman–Crippen LogP) is 5.09. The van der Waals surface area contributed by atoms with Crippen LogP contribution in [0, 0.1) is 11.8 Å². The predicted molar refractivity (Wildman–Crippen MR) is 148 cm³/mol. The Morgan fingerprint density at radius 3 is 1.36 bits per heavy atom. The Morgan fingerprint density at radius 2 is 0.976 bits per heavy atom. The molecule has 0 saturated heterocycles. The Kier molecular flexibility index (Phi) is 6.53. The lowest BCUT2D eigenvalue weighted by atomic mass is 9.70. The highest BCUT2D eigenvalue weighted by Gasteiger charge is 2.52. The maximum absolute atomic E-state index is 14.3. The smallest absolute Gasteiger partial charge is 0.174 e. The number of aromatic hydroxyl groups is 4. The first-order valence-corrected chi connectivity index (χ1v) is 13.0. The first-order chi connectivity index (χ1) is 20.2. The van der Waals surface area contributed by atoms with Gasteiger partial charge in [-0.3, -0.25) is 9.59 Å². The molecule has 0 aliphatic carbocycles. The molecule has 0 bridgehead atoms. The summed E-state index contributed by atoms with van der Waals surface area (Å²) in [6.07, 6.45) is -2.14. The molecule has 2 aliphatic heterocycles. The number of fused-ring (bicyclic) bond motifs is 2. The molecule has 214 valence electrons. The minimum atomic E-state index is -1.16. The van der Waals surface area contributed by atoms with E-state index in [2.05, 4.69) is 0 Å². The van der Waals surface area contributed by atoms with Crippen molar-refractivity contribution in [3.05, 3.63) is 95.1 Å². The van der Waals surface area contributed by atoms with Crippen LogP contribution in [-0.4, -0.2) is 46.2 Å². The third-order valence-corrected chi connectivity index (χ3v) is 7.68. The van der Waals surface area contributed by atoms with Crippen LogP contribution >= 0.6 is 0 Å². The molecule has 0 radical (unpaired) electrons. The molecule has 10 nitrogen and oxygen atoms in total. The molecule has 2 aliphatic rings. The Labute approximate surface area is 239 Å². The van der Waals surface area contributed by atoms with E-state index in [4.69, 9.17) is 18.9 Å². The summed E-state index contributed by atoms with van der Waals surface area (Å²) in [6, 6.07) is 17.2. The van der Waals surface area contributed by atoms with Crippen molar-refractivity contribution in [3.8, 4) is 46.0 Å². The summed E-state index contributed by atoms with van der Waals surface area (Å²) in [6.45, 7) is 0. The van der Waals surface area contributed by atoms with Gasteiger partial charge in [-0.15, -0.1) is 0 Å². The number of Topliss-reactive ketones (excluding diaryl/α,β-unsaturated/α-hetero) is 2. The molecule has 4 aromatic carbocycles. The van der Waals surface area contributed by atoms with Crippen LogP contribution in [0.25, 0.3) is 0 Å². The first-order valence-electron chi connectivity index (χ1n) is 13.0. The summed E-state index contributed by atoms with van der Waals surface area (Å²) in [5.41, 5.74) is 1.21. The van der Waals surface area contributed by atoms with Crippen molar-refractivity contribution in [2.45, 2.75) is 12.2 Å². The molecule has 0 fully saturated rings. The second-order valence-corrected chi connectivity index (χ2v) is 10.1. The number of carbonyl (C=O) groups excluding carboxylic acids is 2. The fourth-order valence-electron chi connectivity index (χ4n) is 5.67. The summed E-state index contributed by atoms with van der Waals surface area (Å²) < 4.78 is 23.3. The van der Waals surface area contributed by atoms with Crippen LogP contribution in [0.3, 0.4) is 0 Å². The Balaban J connectivity index is 1.57. The molecule has 0 aromatic heterocycles. The fraction of sp³-hybridized carbons (Fsp3) is 0.188. The van der Waals surface area contributed by atoms with E-state index < -0.39 is 35.6 Å². The number of benzene rings is 4. The molecule has 42 heavy (non-hydrogen) atoms. The quantitative estimate of drug-likeness (QED) is 0.255. The lowest BCUT2D eigenvalue weighted by molar-refractivity contribution is 0.0135. The molecule has 4 N–H and O–H groups in total. The summed E-state index contributed by atoms with van der Waals surface area (Å²) in [4.78, 5) is 28.7. The number of ketones is 2. The van der Waals surface area contributed by atoms with Crippen LogP contribution in [0.2, 0.25) is 0 Å². The first kappa shape index (κ1) is 26.8. The lowest BCUT2D eigenvalue weighted by Crippen LogP contribution is -2.45. The SMILES string of the molecule is COc1cc([C@H]2Oc3cc(O)ccc3C(=O)[C@@H]2[C@H]2C(=O)c3ccc(O)cc3O[C@@H]2c2ccc(O)c(OC)c2)ccc1O. The summed E-state index contributed by atoms with van der Waals surface area (Å²) in [5, 5.41) is 40.7. The molecule has 0 unspecified atom stereocenters. The largest absolute Gasteiger partial charge is 0.508 e. The molecule has 0 spiro atoms. The molecule has 4 aromatic rings. The highest BCUT2D eigenvalue weighted by molar-refractivity contribution is 6.09. The number of hydrogen-bond donors (Lipinski definition) is 4. The van der Waals surface area contributed by atoms with Crippen molar-refractivity contribution in [1.82, 2.24) is 0 Å². The van der Waals surface area contributed by atoms with Crippen molar-refractivity contribution < 1.29 is 49.0 Å². The van der Waals surface area contributed by atoms with Crippen molar-refractivity contribution in [2.24, 2.45) is 11.8 Å². The van der Waals surface area contributed by atoms with Crippen LogP contribution in [0.5, 0.6) is 46.0 Å². The van der Waals surface area contributed by atoms with Crippen LogP contribution < -0.4 is 18.9 Å². The Hall–Kier alpha value is -5.38. The van der Waals surface area contributed by atoms with Gasteiger partial charge >= 0.3 is 0 Å². The van der Waals surface area contributed by atoms with Gasteiger partial charge in [0.1, 0.15) is 35.2 Å². The van der Waals surface area contributed by atoms with E-state index in [1.807, 2.05) is 0 Å². The minimum absolute atomic E-state index is 0.109. The highest BCUT2D eigenvalue weighted by Crippen LogP contribution is 2.52. The Bertz CT molecular complexity index is 1600. The van der Waals surface area contributed by atoms with Crippen LogP contribution in [0.4, 0.5) is 0 Å². The molecule has 4 atom stereocenters. The van der Waals surface area contributed by atoms with Crippen molar-refractivity contribution in [3.63, 3.8) is 0 Å². The number of carbonyl (C=O) groups is 2. The van der Waals surface area contributed by atoms with E-state index in [-0.39, 0.29) is 57.1 Å². The number of rotatable bonds is 5. The van der Waals surface area contributed by atoms with Gasteiger partial charge in [0, 0.05) is 12.1 Å². The third kappa shape index (κ3) is 4.37. The zero-order chi connectivity index (χ0) is 29.7. The van der Waals surface area contributed by atoms with Gasteiger partial charge in [-0.1, -0.05) is 12.1 Å². The number of methoxy groups -OCH3 is 2. The van der Waals surface area contributed by atoms with Crippen molar-refractivity contribution >= 4 is 11.6 Å². The van der Waals surface area contributed by atoms with Gasteiger partial charge in [0.05, 0.1) is 37.2 Å². The molecule has 0 amide bonds. The van der Waals surface area contributed by atoms with Crippen LogP contribution in [0.1, 0.15) is 44.1 Å². The van der Waals surface area contributed by atoms with E-state index in [1.165, 1.54) is 74.9 Å². The number of hydrogen-bond acceptors (Lipinski definition) is 10. The van der Waals surface area contributed by atoms with Crippen LogP contribution in [-0.2, 0) is 0 Å². The standard InChI is InChI=1S/C32H26O10/c1-39-25-11-15(3-9-21(25)35)31-27(29(37)19-7-5-17(33)13-23(19)41-31)28-30(38)20-8-6-18(34)14-24(20)42-32(28)16-4-10-22(36)26(12-16)40-2/h3-14,27-28,31-36H,1-2H3/t27-,28-,31+,32+/m0/s1. The average Bonchev–Trinajstić information content (AvgIpc) is 2.98. The molecular formula is C32H26O10. The highest BCUT2D eigenvalue weighted by atomic mass is 16.5. The van der Waals surface area contributed by atoms with Gasteiger partial charge in [0.15, 0.2) is 34.6 Å². The fourth-order valence-corrected chi connectivity index (χ4v) is 5.67. The van der Waals surface area contributed by atoms with Crippen LogP contribution in [0.15, 0.2) is 72.8 Å². The second kappa shape index (κ2) is 10.2. The maximum atomic E-state index is 14.3. The zero-order valence-corrected chi connectivity index (χ0v) is 22.5. The van der Waals surface area contributed by atoms with Gasteiger partial charge in [-0.05, 0) is 59.7 Å². The maximum Gasteiger partial charge on any atom is 0.174 e. The molecule has 0 saturated carbocycles. The number of phenols is 4. The van der Waals surface area contributed by atoms with E-state index in [0.29, 0.717) is 11.1 Å². The number of ether oxygens (including phenoxy) is 4. The van der Waals surface area contributed by atoms with Gasteiger partial charge in [-0.25, -0.2) is 0 Å². The van der Waals surface area contributed by atoms with E-state index in [1.54, 1.807) is 12.1 Å². The summed E-state index contributed by atoms with van der Waals surface area (Å²) in [5.74, 6) is -3.10. The third-order valence-electron chi connectivity index (χ3n) is 7.68. The normalized spacial score (nSPS) is 21.0. The van der Waals surface area contributed by atoms with E-state index >= 15 is 0 Å². The monoisotopic (exact) mass is 570 g/mol. The zero-order valence-electron chi connectivity index (χ0n) is 22.5. The lowest BCUT2D eigenvalue weighted by Gasteiger charge is -2.42. The summed E-state index contributed by atoms with van der Waals surface area (Å²) in [7, 11) is 2.77. The minimum Gasteiger partial charge on any atom is -0.508 e. The molecule has 10 heteroatoms. The molecular weight excluding hydrogens is 544 g/mol. The average molecular weight is 571 g/mol. The second-order valence-electron chi connectivity index (χ2n) is 10.1. The molecule has 2 heterocycles. The van der Waals surface area contributed by atoms with Gasteiger partial charge in [0.2, 0.25) is 0 Å². The van der Waals surface area contributed by atoms with E-state index in [9.17, 15) is 30.0 Å². The van der Waals surface area contributed by atoms with Gasteiger partial charge in [0.25, 0.3) is 0 Å². The van der Waals surface area contributed by atoms with Crippen molar-refractivity contribution in [2.75, 3.05) is 14.2 Å². The molecule has 6 rings (SSSR count). The topological polar surface area (TPSA) is 152 Å². The Morgan fingerprint density at radius 1 is 0.571 bits per heavy atom.